The summed E-state index contributed by atoms with van der Waals surface area (Å²) >= 11 is 0. The van der Waals surface area contributed by atoms with Crippen LogP contribution in [0.15, 0.2) is 33.9 Å². The van der Waals surface area contributed by atoms with Crippen molar-refractivity contribution in [3.05, 3.63) is 60.8 Å². The third-order valence-electron chi connectivity index (χ3n) is 4.10. The number of hydrogen-bond acceptors (Lipinski definition) is 7. The van der Waals surface area contributed by atoms with Crippen LogP contribution in [0.4, 0.5) is 11.5 Å². The van der Waals surface area contributed by atoms with E-state index in [4.69, 9.17) is 5.73 Å². The van der Waals surface area contributed by atoms with Crippen LogP contribution in [-0.2, 0) is 14.1 Å². The van der Waals surface area contributed by atoms with Gasteiger partial charge < -0.3 is 5.73 Å². The Kier molecular flexibility index (Phi) is 3.77. The monoisotopic (exact) mass is 352 g/mol. The van der Waals surface area contributed by atoms with Gasteiger partial charge in [0.25, 0.3) is 11.2 Å². The number of nitrogen functional groups attached to an aromatic ring is 1. The third-order valence-corrected chi connectivity index (χ3v) is 4.10. The first-order chi connectivity index (χ1) is 12.3. The Morgan fingerprint density at radius 2 is 1.88 bits per heavy atom. The molecule has 0 saturated carbocycles. The van der Waals surface area contributed by atoms with Crippen molar-refractivity contribution in [2.24, 2.45) is 14.1 Å². The normalized spacial score (nSPS) is 10.7. The smallest absolute Gasteiger partial charge is 0.332 e. The molecular weight excluding hydrogens is 340 g/mol. The number of nitriles is 1. The van der Waals surface area contributed by atoms with Gasteiger partial charge in [0.2, 0.25) is 0 Å². The molecule has 2 heterocycles. The summed E-state index contributed by atoms with van der Waals surface area (Å²) in [5, 5.41) is 20.9. The molecule has 0 aliphatic heterocycles. The average Bonchev–Trinajstić information content (AvgIpc) is 2.63. The molecule has 0 aliphatic carbocycles. The van der Waals surface area contributed by atoms with Crippen LogP contribution in [0.3, 0.4) is 0 Å². The van der Waals surface area contributed by atoms with Gasteiger partial charge in [0.15, 0.2) is 5.65 Å². The first-order valence-electron chi connectivity index (χ1n) is 7.32. The second kappa shape index (κ2) is 5.82. The molecule has 10 heteroatoms. The van der Waals surface area contributed by atoms with Gasteiger partial charge >= 0.3 is 5.69 Å². The van der Waals surface area contributed by atoms with Crippen molar-refractivity contribution < 1.29 is 4.92 Å². The molecule has 3 aromatic rings. The fourth-order valence-electron chi connectivity index (χ4n) is 2.83. The summed E-state index contributed by atoms with van der Waals surface area (Å²) in [5.74, 6) is -0.226. The molecule has 0 atom stereocenters. The van der Waals surface area contributed by atoms with Gasteiger partial charge in [0.05, 0.1) is 15.9 Å². The second-order valence-corrected chi connectivity index (χ2v) is 5.54. The van der Waals surface area contributed by atoms with Crippen LogP contribution >= 0.6 is 0 Å². The number of nitro groups is 1. The molecule has 0 unspecified atom stereocenters. The number of aryl methyl sites for hydroxylation is 1. The summed E-state index contributed by atoms with van der Waals surface area (Å²) in [7, 11) is 2.67. The summed E-state index contributed by atoms with van der Waals surface area (Å²) in [6.45, 7) is 0. The molecule has 0 fully saturated rings. The molecule has 26 heavy (non-hydrogen) atoms. The molecule has 130 valence electrons. The first-order valence-corrected chi connectivity index (χ1v) is 7.32. The highest BCUT2D eigenvalue weighted by Gasteiger charge is 2.25. The summed E-state index contributed by atoms with van der Waals surface area (Å²) in [5.41, 5.74) is 4.00. The maximum Gasteiger partial charge on any atom is 0.332 e. The van der Waals surface area contributed by atoms with Crippen LogP contribution in [0.5, 0.6) is 0 Å². The minimum absolute atomic E-state index is 0.0153. The zero-order valence-electron chi connectivity index (χ0n) is 13.8. The van der Waals surface area contributed by atoms with Crippen LogP contribution in [0, 0.1) is 21.4 Å². The van der Waals surface area contributed by atoms with Crippen LogP contribution in [0.25, 0.3) is 22.2 Å². The molecule has 2 N–H and O–H groups in total. The van der Waals surface area contributed by atoms with Crippen molar-refractivity contribution in [3.8, 4) is 17.2 Å². The van der Waals surface area contributed by atoms with Gasteiger partial charge in [-0.2, -0.15) is 5.26 Å². The van der Waals surface area contributed by atoms with Gasteiger partial charge in [0.1, 0.15) is 17.5 Å². The predicted molar refractivity (Wildman–Crippen MR) is 93.4 cm³/mol. The maximum atomic E-state index is 12.7. The Morgan fingerprint density at radius 1 is 1.23 bits per heavy atom. The summed E-state index contributed by atoms with van der Waals surface area (Å²) in [6.07, 6.45) is 0. The topological polar surface area (TPSA) is 150 Å². The van der Waals surface area contributed by atoms with Crippen LogP contribution in [0.1, 0.15) is 5.56 Å². The molecule has 2 aromatic heterocycles. The van der Waals surface area contributed by atoms with Crippen molar-refractivity contribution in [1.29, 1.82) is 5.26 Å². The molecule has 0 saturated heterocycles. The lowest BCUT2D eigenvalue weighted by molar-refractivity contribution is -0.384. The summed E-state index contributed by atoms with van der Waals surface area (Å²) in [4.78, 5) is 39.7. The standard InChI is InChI=1S/C16H12N6O4/c1-20-14-12(15(23)21(2)16(20)24)11(9(7-17)13(18)19-14)8-5-3-4-6-10(8)22(25)26/h3-6H,1-2H3,(H2,18,19). The Morgan fingerprint density at radius 3 is 2.50 bits per heavy atom. The fraction of sp³-hybridized carbons (Fsp3) is 0.125. The molecular formula is C16H12N6O4. The quantitative estimate of drug-likeness (QED) is 0.525. The highest BCUT2D eigenvalue weighted by atomic mass is 16.6. The van der Waals surface area contributed by atoms with Crippen molar-refractivity contribution in [1.82, 2.24) is 14.1 Å². The Hall–Kier alpha value is -4.00. The van der Waals surface area contributed by atoms with Gasteiger partial charge in [-0.3, -0.25) is 24.0 Å². The van der Waals surface area contributed by atoms with Crippen molar-refractivity contribution >= 4 is 22.5 Å². The zero-order valence-corrected chi connectivity index (χ0v) is 13.8. The first kappa shape index (κ1) is 16.8. The number of pyridine rings is 1. The fourth-order valence-corrected chi connectivity index (χ4v) is 2.83. The third kappa shape index (κ3) is 2.22. The van der Waals surface area contributed by atoms with Crippen molar-refractivity contribution in [2.45, 2.75) is 0 Å². The predicted octanol–water partition coefficient (Wildman–Crippen LogP) is 0.661. The summed E-state index contributed by atoms with van der Waals surface area (Å²) in [6, 6.07) is 7.53. The van der Waals surface area contributed by atoms with E-state index in [2.05, 4.69) is 4.98 Å². The molecule has 0 bridgehead atoms. The van der Waals surface area contributed by atoms with E-state index in [0.29, 0.717) is 0 Å². The van der Waals surface area contributed by atoms with E-state index >= 15 is 0 Å². The molecule has 0 amide bonds. The van der Waals surface area contributed by atoms with E-state index in [0.717, 1.165) is 9.13 Å². The lowest BCUT2D eigenvalue weighted by Crippen LogP contribution is -2.37. The highest BCUT2D eigenvalue weighted by molar-refractivity contribution is 6.00. The average molecular weight is 352 g/mol. The van der Waals surface area contributed by atoms with E-state index in [9.17, 15) is 25.0 Å². The number of benzene rings is 1. The number of fused-ring (bicyclic) bond motifs is 1. The van der Waals surface area contributed by atoms with Gasteiger partial charge in [-0.1, -0.05) is 12.1 Å². The van der Waals surface area contributed by atoms with E-state index in [1.165, 1.54) is 32.3 Å². The molecule has 0 radical (unpaired) electrons. The summed E-state index contributed by atoms with van der Waals surface area (Å²) < 4.78 is 1.95. The van der Waals surface area contributed by atoms with Crippen LogP contribution in [0.2, 0.25) is 0 Å². The van der Waals surface area contributed by atoms with Crippen molar-refractivity contribution in [3.63, 3.8) is 0 Å². The second-order valence-electron chi connectivity index (χ2n) is 5.54. The number of para-hydroxylation sites is 1. The number of nitrogens with zero attached hydrogens (tertiary/aromatic N) is 5. The highest BCUT2D eigenvalue weighted by Crippen LogP contribution is 2.36. The number of rotatable bonds is 2. The lowest BCUT2D eigenvalue weighted by atomic mass is 9.96. The van der Waals surface area contributed by atoms with Gasteiger partial charge in [-0.25, -0.2) is 9.78 Å². The van der Waals surface area contributed by atoms with E-state index in [1.54, 1.807) is 6.07 Å². The van der Waals surface area contributed by atoms with E-state index in [1.807, 2.05) is 6.07 Å². The molecule has 10 nitrogen and oxygen atoms in total. The number of nitrogens with two attached hydrogens (primary N) is 1. The Bertz CT molecular complexity index is 1250. The SMILES string of the molecule is Cn1c(=O)c2c(-c3ccccc3[N+](=O)[O-])c(C#N)c(N)nc2n(C)c1=O. The molecule has 0 aliphatic rings. The number of aromatic nitrogens is 3. The maximum absolute atomic E-state index is 12.7. The Labute approximate surface area is 145 Å². The van der Waals surface area contributed by atoms with E-state index in [-0.39, 0.29) is 39.2 Å². The van der Waals surface area contributed by atoms with Gasteiger partial charge in [-0.15, -0.1) is 0 Å². The number of nitro benzene ring substituents is 1. The molecule has 3 rings (SSSR count). The zero-order chi connectivity index (χ0) is 19.2. The minimum Gasteiger partial charge on any atom is -0.383 e. The lowest BCUT2D eigenvalue weighted by Gasteiger charge is -2.13. The van der Waals surface area contributed by atoms with Crippen molar-refractivity contribution in [2.75, 3.05) is 5.73 Å². The number of anilines is 1. The van der Waals surface area contributed by atoms with Crippen LogP contribution < -0.4 is 17.0 Å². The minimum atomic E-state index is -0.722. The van der Waals surface area contributed by atoms with Gasteiger partial charge in [0, 0.05) is 25.7 Å². The largest absolute Gasteiger partial charge is 0.383 e. The van der Waals surface area contributed by atoms with Gasteiger partial charge in [-0.05, 0) is 6.07 Å². The van der Waals surface area contributed by atoms with E-state index < -0.39 is 16.2 Å². The number of hydrogen-bond donors (Lipinski definition) is 1. The molecule has 1 aromatic carbocycles. The molecule has 0 spiro atoms. The van der Waals surface area contributed by atoms with Crippen LogP contribution in [-0.4, -0.2) is 19.0 Å². The Balaban J connectivity index is 2.71.